The molecule has 0 radical (unpaired) electrons. The zero-order valence-electron chi connectivity index (χ0n) is 33.5. The Balaban J connectivity index is 1.02. The van der Waals surface area contributed by atoms with E-state index in [0.717, 1.165) is 111 Å². The summed E-state index contributed by atoms with van der Waals surface area (Å²) in [6, 6.07) is 76.2. The van der Waals surface area contributed by atoms with Gasteiger partial charge in [-0.05, 0) is 64.5 Å². The highest BCUT2D eigenvalue weighted by molar-refractivity contribution is 6.09. The molecule has 62 heavy (non-hydrogen) atoms. The van der Waals surface area contributed by atoms with E-state index in [9.17, 15) is 0 Å². The van der Waals surface area contributed by atoms with E-state index in [4.69, 9.17) is 19.5 Å². The van der Waals surface area contributed by atoms with Crippen molar-refractivity contribution in [3.05, 3.63) is 218 Å². The molecule has 0 fully saturated rings. The van der Waals surface area contributed by atoms with Crippen molar-refractivity contribution in [3.63, 3.8) is 0 Å². The van der Waals surface area contributed by atoms with Crippen LogP contribution in [-0.2, 0) is 0 Å². The third-order valence-electron chi connectivity index (χ3n) is 11.8. The normalized spacial score (nSPS) is 11.5. The predicted molar refractivity (Wildman–Crippen MR) is 254 cm³/mol. The van der Waals surface area contributed by atoms with E-state index in [0.29, 0.717) is 5.82 Å². The molecule has 4 heterocycles. The molecule has 0 aliphatic heterocycles. The molecule has 5 heteroatoms. The molecule has 0 aliphatic carbocycles. The van der Waals surface area contributed by atoms with Gasteiger partial charge in [0.1, 0.15) is 16.9 Å². The molecule has 290 valence electrons. The summed E-state index contributed by atoms with van der Waals surface area (Å²) < 4.78 is 8.29. The van der Waals surface area contributed by atoms with Crippen LogP contribution in [0.15, 0.2) is 223 Å². The van der Waals surface area contributed by atoms with Crippen molar-refractivity contribution < 1.29 is 4.42 Å². The monoisotopic (exact) mass is 792 g/mol. The summed E-state index contributed by atoms with van der Waals surface area (Å²) in [4.78, 5) is 10.4. The SMILES string of the molecule is c1ccc(-c2nc(-c3cccc(-c4ccc5oc6ccccc6c5c4)c3)cc(-c3cccc(-c4cc5ccccc5c5c(-c6ccccc6)c(-c6ccccc6)nn45)c3)n2)cc1. The lowest BCUT2D eigenvalue weighted by molar-refractivity contribution is 0.669. The molecular weight excluding hydrogens is 757 g/mol. The van der Waals surface area contributed by atoms with Crippen LogP contribution in [0.4, 0.5) is 0 Å². The van der Waals surface area contributed by atoms with E-state index in [2.05, 4.69) is 193 Å². The summed E-state index contributed by atoms with van der Waals surface area (Å²) in [6.07, 6.45) is 0. The molecule has 12 aromatic rings. The fourth-order valence-corrected chi connectivity index (χ4v) is 8.83. The molecule has 8 aromatic carbocycles. The van der Waals surface area contributed by atoms with Crippen molar-refractivity contribution in [2.75, 3.05) is 0 Å². The molecule has 5 nitrogen and oxygen atoms in total. The maximum Gasteiger partial charge on any atom is 0.160 e. The van der Waals surface area contributed by atoms with Gasteiger partial charge in [0.25, 0.3) is 0 Å². The van der Waals surface area contributed by atoms with E-state index >= 15 is 0 Å². The molecule has 0 spiro atoms. The summed E-state index contributed by atoms with van der Waals surface area (Å²) >= 11 is 0. The van der Waals surface area contributed by atoms with Crippen LogP contribution in [0.1, 0.15) is 0 Å². The first-order valence-electron chi connectivity index (χ1n) is 20.8. The predicted octanol–water partition coefficient (Wildman–Crippen LogP) is 14.8. The van der Waals surface area contributed by atoms with E-state index < -0.39 is 0 Å². The highest BCUT2D eigenvalue weighted by atomic mass is 16.3. The van der Waals surface area contributed by atoms with Gasteiger partial charge in [0, 0.05) is 49.5 Å². The first-order valence-corrected chi connectivity index (χ1v) is 20.8. The Morgan fingerprint density at radius 2 is 0.903 bits per heavy atom. The van der Waals surface area contributed by atoms with Crippen molar-refractivity contribution >= 4 is 38.2 Å². The Morgan fingerprint density at radius 1 is 0.355 bits per heavy atom. The molecule has 12 rings (SSSR count). The van der Waals surface area contributed by atoms with Gasteiger partial charge in [0.05, 0.1) is 22.6 Å². The fourth-order valence-electron chi connectivity index (χ4n) is 8.83. The summed E-state index contributed by atoms with van der Waals surface area (Å²) in [5.41, 5.74) is 16.0. The first kappa shape index (κ1) is 35.5. The number of furan rings is 1. The van der Waals surface area contributed by atoms with Crippen molar-refractivity contribution in [1.29, 1.82) is 0 Å². The lowest BCUT2D eigenvalue weighted by Crippen LogP contribution is -1.98. The van der Waals surface area contributed by atoms with Gasteiger partial charge in [0.2, 0.25) is 0 Å². The fraction of sp³-hybridized carbons (Fsp3) is 0. The standard InChI is InChI=1S/C57H36N4O/c1-4-16-37(17-5-1)54-55(38-18-6-2-7-19-38)60-61-51(35-42-22-10-11-27-46(42)56(54)61)45-26-15-25-44(33-45)50-36-49(58-57(59-50)39-20-8-3-9-21-39)43-24-14-23-40(32-43)41-30-31-53-48(34-41)47-28-12-13-29-52(47)62-53/h1-36H. The number of para-hydroxylation sites is 1. The van der Waals surface area contributed by atoms with Gasteiger partial charge in [0.15, 0.2) is 5.82 Å². The summed E-state index contributed by atoms with van der Waals surface area (Å²) in [7, 11) is 0. The van der Waals surface area contributed by atoms with Crippen molar-refractivity contribution in [2.24, 2.45) is 0 Å². The van der Waals surface area contributed by atoms with Crippen LogP contribution < -0.4 is 0 Å². The van der Waals surface area contributed by atoms with Crippen molar-refractivity contribution in [2.45, 2.75) is 0 Å². The van der Waals surface area contributed by atoms with Gasteiger partial charge in [-0.25, -0.2) is 14.5 Å². The van der Waals surface area contributed by atoms with Crippen molar-refractivity contribution in [1.82, 2.24) is 19.6 Å². The van der Waals surface area contributed by atoms with Crippen molar-refractivity contribution in [3.8, 4) is 78.7 Å². The van der Waals surface area contributed by atoms with Gasteiger partial charge < -0.3 is 4.42 Å². The average molecular weight is 793 g/mol. The van der Waals surface area contributed by atoms with Crippen LogP contribution in [0.2, 0.25) is 0 Å². The largest absolute Gasteiger partial charge is 0.456 e. The molecule has 0 atom stereocenters. The zero-order valence-corrected chi connectivity index (χ0v) is 33.5. The quantitative estimate of drug-likeness (QED) is 0.161. The minimum absolute atomic E-state index is 0.667. The van der Waals surface area contributed by atoms with E-state index in [1.54, 1.807) is 0 Å². The number of fused-ring (bicyclic) bond motifs is 6. The second-order valence-corrected chi connectivity index (χ2v) is 15.6. The van der Waals surface area contributed by atoms with Crippen LogP contribution in [0.5, 0.6) is 0 Å². The topological polar surface area (TPSA) is 56.2 Å². The number of hydrogen-bond donors (Lipinski definition) is 0. The van der Waals surface area contributed by atoms with Crippen LogP contribution in [-0.4, -0.2) is 19.6 Å². The van der Waals surface area contributed by atoms with Crippen LogP contribution >= 0.6 is 0 Å². The van der Waals surface area contributed by atoms with E-state index in [1.807, 2.05) is 30.3 Å². The summed E-state index contributed by atoms with van der Waals surface area (Å²) in [6.45, 7) is 0. The minimum Gasteiger partial charge on any atom is -0.456 e. The third kappa shape index (κ3) is 6.14. The molecule has 0 saturated carbocycles. The maximum absolute atomic E-state index is 6.14. The molecule has 0 N–H and O–H groups in total. The van der Waals surface area contributed by atoms with Crippen LogP contribution in [0.3, 0.4) is 0 Å². The molecule has 0 saturated heterocycles. The highest BCUT2D eigenvalue weighted by Crippen LogP contribution is 2.42. The third-order valence-corrected chi connectivity index (χ3v) is 11.8. The number of benzene rings is 8. The van der Waals surface area contributed by atoms with Gasteiger partial charge in [-0.3, -0.25) is 0 Å². The second-order valence-electron chi connectivity index (χ2n) is 15.6. The Hall–Kier alpha value is -8.41. The van der Waals surface area contributed by atoms with Crippen LogP contribution in [0.25, 0.3) is 117 Å². The van der Waals surface area contributed by atoms with E-state index in [1.165, 1.54) is 0 Å². The molecular formula is C57H36N4O. The first-order chi connectivity index (χ1) is 30.7. The maximum atomic E-state index is 6.14. The highest BCUT2D eigenvalue weighted by Gasteiger charge is 2.22. The lowest BCUT2D eigenvalue weighted by Gasteiger charge is -2.13. The number of aromatic nitrogens is 4. The Bertz CT molecular complexity index is 3630. The van der Waals surface area contributed by atoms with Gasteiger partial charge in [-0.2, -0.15) is 5.10 Å². The average Bonchev–Trinajstić information content (AvgIpc) is 3.94. The molecule has 0 amide bonds. The lowest BCUT2D eigenvalue weighted by atomic mass is 9.96. The summed E-state index contributed by atoms with van der Waals surface area (Å²) in [5, 5.41) is 9.95. The van der Waals surface area contributed by atoms with Gasteiger partial charge >= 0.3 is 0 Å². The Morgan fingerprint density at radius 3 is 1.65 bits per heavy atom. The smallest absolute Gasteiger partial charge is 0.160 e. The van der Waals surface area contributed by atoms with E-state index in [-0.39, 0.29) is 0 Å². The molecule has 0 bridgehead atoms. The molecule has 0 aliphatic rings. The number of hydrogen-bond acceptors (Lipinski definition) is 4. The number of nitrogens with zero attached hydrogens (tertiary/aromatic N) is 4. The summed E-state index contributed by atoms with van der Waals surface area (Å²) in [5.74, 6) is 0.667. The molecule has 4 aromatic heterocycles. The zero-order chi connectivity index (χ0) is 41.0. The van der Waals surface area contributed by atoms with Gasteiger partial charge in [-0.15, -0.1) is 0 Å². The number of rotatable bonds is 7. The minimum atomic E-state index is 0.667. The second kappa shape index (κ2) is 14.7. The Labute approximate surface area is 357 Å². The number of pyridine rings is 1. The Kier molecular flexibility index (Phi) is 8.42. The van der Waals surface area contributed by atoms with Crippen LogP contribution in [0, 0.1) is 0 Å². The van der Waals surface area contributed by atoms with Gasteiger partial charge in [-0.1, -0.05) is 176 Å². The molecule has 0 unspecified atom stereocenters.